The second-order valence-corrected chi connectivity index (χ2v) is 6.21. The highest BCUT2D eigenvalue weighted by molar-refractivity contribution is 6.35. The zero-order chi connectivity index (χ0) is 19.6. The van der Waals surface area contributed by atoms with Crippen LogP contribution in [0, 0.1) is 6.92 Å². The van der Waals surface area contributed by atoms with E-state index in [9.17, 15) is 18.0 Å². The summed E-state index contributed by atoms with van der Waals surface area (Å²) in [6.07, 6.45) is -2.89. The van der Waals surface area contributed by atoms with Gasteiger partial charge in [-0.3, -0.25) is 9.78 Å². The van der Waals surface area contributed by atoms with E-state index >= 15 is 0 Å². The Morgan fingerprint density at radius 3 is 2.74 bits per heavy atom. The fourth-order valence-electron chi connectivity index (χ4n) is 2.62. The van der Waals surface area contributed by atoms with Crippen LogP contribution in [0.1, 0.15) is 27.6 Å². The predicted octanol–water partition coefficient (Wildman–Crippen LogP) is 3.98. The molecule has 0 saturated heterocycles. The molecule has 2 aromatic heterocycles. The number of hydrogen-bond donors (Lipinski definition) is 1. The number of benzene rings is 1. The van der Waals surface area contributed by atoms with Crippen LogP contribution in [0.4, 0.5) is 13.2 Å². The minimum Gasteiger partial charge on any atom is -0.352 e. The summed E-state index contributed by atoms with van der Waals surface area (Å²) in [6, 6.07) is 7.57. The largest absolute Gasteiger partial charge is 0.433 e. The van der Waals surface area contributed by atoms with E-state index in [-0.39, 0.29) is 35.1 Å². The summed E-state index contributed by atoms with van der Waals surface area (Å²) in [5.74, 6) is -0.435. The van der Waals surface area contributed by atoms with Gasteiger partial charge in [-0.2, -0.15) is 13.2 Å². The van der Waals surface area contributed by atoms with Crippen molar-refractivity contribution in [2.45, 2.75) is 19.5 Å². The monoisotopic (exact) mass is 394 g/mol. The third kappa shape index (κ3) is 4.33. The van der Waals surface area contributed by atoms with Crippen molar-refractivity contribution >= 4 is 28.4 Å². The molecule has 0 aliphatic heterocycles. The number of carbonyl (C=O) groups is 1. The molecular weight excluding hydrogens is 381 g/mol. The smallest absolute Gasteiger partial charge is 0.352 e. The third-order valence-corrected chi connectivity index (χ3v) is 4.10. The van der Waals surface area contributed by atoms with E-state index in [2.05, 4.69) is 20.3 Å². The predicted molar refractivity (Wildman–Crippen MR) is 94.6 cm³/mol. The summed E-state index contributed by atoms with van der Waals surface area (Å²) in [5.41, 5.74) is 0.0913. The first kappa shape index (κ1) is 19.0. The van der Waals surface area contributed by atoms with Gasteiger partial charge in [0.25, 0.3) is 5.91 Å². The molecule has 1 aromatic carbocycles. The molecule has 3 rings (SSSR count). The van der Waals surface area contributed by atoms with Gasteiger partial charge in [-0.1, -0.05) is 17.7 Å². The molecule has 140 valence electrons. The number of pyridine rings is 1. The molecule has 0 radical (unpaired) electrons. The average molecular weight is 395 g/mol. The summed E-state index contributed by atoms with van der Waals surface area (Å²) in [6.45, 7) is 1.52. The second kappa shape index (κ2) is 7.48. The minimum absolute atomic E-state index is 0.00769. The van der Waals surface area contributed by atoms with Crippen LogP contribution in [0.3, 0.4) is 0 Å². The second-order valence-electron chi connectivity index (χ2n) is 5.81. The first-order valence-corrected chi connectivity index (χ1v) is 8.36. The average Bonchev–Trinajstić information content (AvgIpc) is 2.60. The molecule has 3 aromatic rings. The van der Waals surface area contributed by atoms with Crippen LogP contribution in [0.5, 0.6) is 0 Å². The molecule has 0 aliphatic rings. The van der Waals surface area contributed by atoms with Crippen LogP contribution in [-0.2, 0) is 12.6 Å². The van der Waals surface area contributed by atoms with Crippen molar-refractivity contribution in [3.63, 3.8) is 0 Å². The van der Waals surface area contributed by atoms with Gasteiger partial charge in [0.15, 0.2) is 0 Å². The SMILES string of the molecule is Cc1cc(C(F)(F)F)nc(CCNC(=O)c2c(Cl)ccc3ncccc23)n1. The number of aromatic nitrogens is 3. The number of aryl methyl sites for hydroxylation is 1. The Bertz CT molecular complexity index is 1010. The van der Waals surface area contributed by atoms with Gasteiger partial charge in [0.1, 0.15) is 11.5 Å². The number of amides is 1. The molecular formula is C18H14ClF3N4O. The lowest BCUT2D eigenvalue weighted by molar-refractivity contribution is -0.141. The lowest BCUT2D eigenvalue weighted by atomic mass is 10.1. The molecule has 0 fully saturated rings. The van der Waals surface area contributed by atoms with Crippen molar-refractivity contribution in [3.8, 4) is 0 Å². The van der Waals surface area contributed by atoms with Crippen LogP contribution in [0.2, 0.25) is 5.02 Å². The van der Waals surface area contributed by atoms with Crippen LogP contribution in [0.15, 0.2) is 36.5 Å². The fraction of sp³-hybridized carbons (Fsp3) is 0.222. The number of alkyl halides is 3. The Morgan fingerprint density at radius 1 is 1.22 bits per heavy atom. The zero-order valence-electron chi connectivity index (χ0n) is 14.1. The number of carbonyl (C=O) groups excluding carboxylic acids is 1. The molecule has 27 heavy (non-hydrogen) atoms. The van der Waals surface area contributed by atoms with Gasteiger partial charge in [-0.25, -0.2) is 9.97 Å². The first-order valence-electron chi connectivity index (χ1n) is 7.99. The van der Waals surface area contributed by atoms with E-state index in [1.165, 1.54) is 6.92 Å². The Morgan fingerprint density at radius 2 is 2.00 bits per heavy atom. The normalized spacial score (nSPS) is 11.6. The number of nitrogens with zero attached hydrogens (tertiary/aromatic N) is 3. The van der Waals surface area contributed by atoms with E-state index in [0.717, 1.165) is 6.07 Å². The van der Waals surface area contributed by atoms with Gasteiger partial charge in [0.05, 0.1) is 16.1 Å². The van der Waals surface area contributed by atoms with Gasteiger partial charge in [0.2, 0.25) is 0 Å². The highest BCUT2D eigenvalue weighted by atomic mass is 35.5. The highest BCUT2D eigenvalue weighted by Crippen LogP contribution is 2.28. The van der Waals surface area contributed by atoms with Gasteiger partial charge < -0.3 is 5.32 Å². The lowest BCUT2D eigenvalue weighted by Gasteiger charge is -2.11. The summed E-state index contributed by atoms with van der Waals surface area (Å²) in [4.78, 5) is 24.2. The molecule has 0 unspecified atom stereocenters. The van der Waals surface area contributed by atoms with Gasteiger partial charge in [-0.15, -0.1) is 0 Å². The van der Waals surface area contributed by atoms with Crippen molar-refractivity contribution in [3.05, 3.63) is 64.3 Å². The van der Waals surface area contributed by atoms with Crippen LogP contribution in [0.25, 0.3) is 10.9 Å². The Hall–Kier alpha value is -2.74. The van der Waals surface area contributed by atoms with E-state index < -0.39 is 17.8 Å². The molecule has 2 heterocycles. The van der Waals surface area contributed by atoms with E-state index in [1.54, 1.807) is 30.5 Å². The summed E-state index contributed by atoms with van der Waals surface area (Å²) in [5, 5.41) is 3.50. The van der Waals surface area contributed by atoms with Gasteiger partial charge in [-0.05, 0) is 31.2 Å². The maximum atomic E-state index is 12.8. The maximum Gasteiger partial charge on any atom is 0.433 e. The van der Waals surface area contributed by atoms with Crippen molar-refractivity contribution in [1.82, 2.24) is 20.3 Å². The van der Waals surface area contributed by atoms with E-state index in [4.69, 9.17) is 11.6 Å². The summed E-state index contributed by atoms with van der Waals surface area (Å²) in [7, 11) is 0. The number of halogens is 4. The number of fused-ring (bicyclic) bond motifs is 1. The summed E-state index contributed by atoms with van der Waals surface area (Å²) < 4.78 is 38.5. The molecule has 5 nitrogen and oxygen atoms in total. The quantitative estimate of drug-likeness (QED) is 0.726. The first-order chi connectivity index (χ1) is 12.8. The fourth-order valence-corrected chi connectivity index (χ4v) is 2.87. The molecule has 1 N–H and O–H groups in total. The third-order valence-electron chi connectivity index (χ3n) is 3.79. The molecule has 0 aliphatic carbocycles. The molecule has 0 atom stereocenters. The minimum atomic E-state index is -4.55. The Labute approximate surface area is 157 Å². The van der Waals surface area contributed by atoms with Gasteiger partial charge >= 0.3 is 6.18 Å². The highest BCUT2D eigenvalue weighted by Gasteiger charge is 2.33. The zero-order valence-corrected chi connectivity index (χ0v) is 14.9. The standard InChI is InChI=1S/C18H14ClF3N4O/c1-10-9-14(18(20,21)22)26-15(25-10)6-8-24-17(27)16-11-3-2-7-23-13(11)5-4-12(16)19/h2-5,7,9H,6,8H2,1H3,(H,24,27). The summed E-state index contributed by atoms with van der Waals surface area (Å²) >= 11 is 6.15. The molecule has 0 saturated carbocycles. The van der Waals surface area contributed by atoms with E-state index in [0.29, 0.717) is 10.9 Å². The molecule has 1 amide bonds. The number of rotatable bonds is 4. The Balaban J connectivity index is 1.75. The number of nitrogens with one attached hydrogen (secondary N) is 1. The molecule has 0 spiro atoms. The molecule has 0 bridgehead atoms. The van der Waals surface area contributed by atoms with Crippen LogP contribution >= 0.6 is 11.6 Å². The van der Waals surface area contributed by atoms with Crippen molar-refractivity contribution in [2.24, 2.45) is 0 Å². The van der Waals surface area contributed by atoms with Crippen LogP contribution in [-0.4, -0.2) is 27.4 Å². The lowest BCUT2D eigenvalue weighted by Crippen LogP contribution is -2.27. The van der Waals surface area contributed by atoms with Gasteiger partial charge in [0, 0.05) is 30.2 Å². The maximum absolute atomic E-state index is 12.8. The Kier molecular flexibility index (Phi) is 5.27. The van der Waals surface area contributed by atoms with Crippen molar-refractivity contribution in [2.75, 3.05) is 6.54 Å². The topological polar surface area (TPSA) is 67.8 Å². The van der Waals surface area contributed by atoms with Crippen molar-refractivity contribution in [1.29, 1.82) is 0 Å². The van der Waals surface area contributed by atoms with Crippen LogP contribution < -0.4 is 5.32 Å². The van der Waals surface area contributed by atoms with Crippen molar-refractivity contribution < 1.29 is 18.0 Å². The van der Waals surface area contributed by atoms with E-state index in [1.807, 2.05) is 0 Å². The number of hydrogen-bond acceptors (Lipinski definition) is 4. The molecule has 9 heteroatoms.